The third-order valence-electron chi connectivity index (χ3n) is 7.00. The first-order valence-electron chi connectivity index (χ1n) is 11.5. The lowest BCUT2D eigenvalue weighted by Crippen LogP contribution is -2.53. The highest BCUT2D eigenvalue weighted by Crippen LogP contribution is 2.43. The van der Waals surface area contributed by atoms with Crippen LogP contribution in [0.15, 0.2) is 30.7 Å². The third kappa shape index (κ3) is 4.88. The van der Waals surface area contributed by atoms with Crippen LogP contribution < -0.4 is 14.5 Å². The van der Waals surface area contributed by atoms with Crippen LogP contribution in [0, 0.1) is 8.99 Å². The van der Waals surface area contributed by atoms with Gasteiger partial charge in [-0.3, -0.25) is 4.40 Å². The second kappa shape index (κ2) is 9.59. The van der Waals surface area contributed by atoms with Gasteiger partial charge >= 0.3 is 0 Å². The summed E-state index contributed by atoms with van der Waals surface area (Å²) in [7, 11) is -1.17. The molecule has 2 aliphatic heterocycles. The Morgan fingerprint density at radius 1 is 1.17 bits per heavy atom. The van der Waals surface area contributed by atoms with E-state index < -0.39 is 11.0 Å². The second-order valence-corrected chi connectivity index (χ2v) is 14.1. The zero-order valence-electron chi connectivity index (χ0n) is 19.8. The lowest BCUT2D eigenvalue weighted by Gasteiger charge is -2.43. The van der Waals surface area contributed by atoms with Crippen molar-refractivity contribution in [2.24, 2.45) is 5.41 Å². The summed E-state index contributed by atoms with van der Waals surface area (Å²) < 4.78 is 19.1. The lowest BCUT2D eigenvalue weighted by molar-refractivity contribution is 0.210. The Labute approximate surface area is 231 Å². The van der Waals surface area contributed by atoms with Gasteiger partial charge in [0.2, 0.25) is 5.95 Å². The molecule has 0 aromatic carbocycles. The van der Waals surface area contributed by atoms with E-state index in [1.807, 2.05) is 43.5 Å². The van der Waals surface area contributed by atoms with Crippen molar-refractivity contribution in [3.63, 3.8) is 0 Å². The van der Waals surface area contributed by atoms with Crippen LogP contribution in [0.3, 0.4) is 0 Å². The number of aromatic nitrogens is 4. The quantitative estimate of drug-likeness (QED) is 0.254. The predicted octanol–water partition coefficient (Wildman–Crippen LogP) is 4.56. The number of fused-ring (bicyclic) bond motifs is 1. The zero-order chi connectivity index (χ0) is 25.0. The highest BCUT2D eigenvalue weighted by Gasteiger charge is 2.49. The molecule has 3 aromatic heterocycles. The first-order valence-corrected chi connectivity index (χ1v) is 14.5. The Morgan fingerprint density at radius 3 is 2.60 bits per heavy atom. The van der Waals surface area contributed by atoms with Gasteiger partial charge in [-0.15, -0.1) is 0 Å². The minimum Gasteiger partial charge on any atom is -0.369 e. The van der Waals surface area contributed by atoms with Crippen molar-refractivity contribution >= 4 is 74.1 Å². The molecule has 35 heavy (non-hydrogen) atoms. The van der Waals surface area contributed by atoms with Crippen LogP contribution in [0.1, 0.15) is 33.6 Å². The van der Waals surface area contributed by atoms with E-state index in [0.29, 0.717) is 10.3 Å². The van der Waals surface area contributed by atoms with Gasteiger partial charge in [0.15, 0.2) is 5.65 Å². The van der Waals surface area contributed by atoms with Crippen LogP contribution in [-0.4, -0.2) is 60.5 Å². The Balaban J connectivity index is 1.42. The van der Waals surface area contributed by atoms with E-state index in [4.69, 9.17) is 28.2 Å². The van der Waals surface area contributed by atoms with E-state index >= 15 is 0 Å². The zero-order valence-corrected chi connectivity index (χ0v) is 24.3. The highest BCUT2D eigenvalue weighted by atomic mass is 127. The summed E-state index contributed by atoms with van der Waals surface area (Å²) in [5.74, 6) is 0.816. The molecule has 0 radical (unpaired) electrons. The molecule has 8 nitrogen and oxygen atoms in total. The fraction of sp³-hybridized carbons (Fsp3) is 0.522. The Hall–Kier alpha value is -1.21. The number of nitrogens with one attached hydrogen (secondary N) is 1. The van der Waals surface area contributed by atoms with Crippen molar-refractivity contribution in [3.05, 3.63) is 44.6 Å². The Bertz CT molecular complexity index is 1270. The summed E-state index contributed by atoms with van der Waals surface area (Å²) in [5, 5.41) is 0.952. The number of piperidine rings is 1. The molecule has 0 aliphatic carbocycles. The van der Waals surface area contributed by atoms with Crippen molar-refractivity contribution in [3.8, 4) is 0 Å². The molecule has 188 valence electrons. The van der Waals surface area contributed by atoms with Gasteiger partial charge in [0.05, 0.1) is 19.3 Å². The maximum absolute atomic E-state index is 13.1. The average Bonchev–Trinajstić information content (AvgIpc) is 3.43. The predicted molar refractivity (Wildman–Crippen MR) is 151 cm³/mol. The Kier molecular flexibility index (Phi) is 6.97. The van der Waals surface area contributed by atoms with Crippen molar-refractivity contribution in [1.82, 2.24) is 24.1 Å². The summed E-state index contributed by atoms with van der Waals surface area (Å²) in [4.78, 5) is 17.9. The van der Waals surface area contributed by atoms with E-state index in [9.17, 15) is 4.21 Å². The van der Waals surface area contributed by atoms with Crippen LogP contribution >= 0.6 is 45.8 Å². The summed E-state index contributed by atoms with van der Waals surface area (Å²) in [6, 6.07) is 3.98. The average molecular weight is 648 g/mol. The summed E-state index contributed by atoms with van der Waals surface area (Å²) in [6.07, 6.45) is 7.32. The maximum atomic E-state index is 13.1. The molecule has 12 heteroatoms. The molecule has 3 aromatic rings. The fourth-order valence-electron chi connectivity index (χ4n) is 5.01. The molecular formula is C23H28Cl2IN7OS. The molecule has 5 heterocycles. The molecule has 2 atom stereocenters. The van der Waals surface area contributed by atoms with Gasteiger partial charge in [0.25, 0.3) is 0 Å². The number of imidazole rings is 1. The molecule has 1 spiro atoms. The van der Waals surface area contributed by atoms with Crippen LogP contribution in [0.2, 0.25) is 10.3 Å². The standard InChI is InChI=1S/C23H28Cl2IN7OS/c1-22(2,3)35(34)30-16-13-32(15-4-7-27-17(24)12-15)14-23(16)5-9-31(10-6-23)21-29-19(25)18(26)20-28-8-11-33(20)21/h4,7-8,11-12,16,30H,5-6,9-10,13-14H2,1-3H3/t16-,35?/m1/s1. The van der Waals surface area contributed by atoms with Gasteiger partial charge in [-0.1, -0.05) is 23.2 Å². The van der Waals surface area contributed by atoms with E-state index in [2.05, 4.69) is 47.1 Å². The highest BCUT2D eigenvalue weighted by molar-refractivity contribution is 14.1. The Morgan fingerprint density at radius 2 is 1.91 bits per heavy atom. The van der Waals surface area contributed by atoms with Crippen molar-refractivity contribution < 1.29 is 4.21 Å². The number of anilines is 2. The summed E-state index contributed by atoms with van der Waals surface area (Å²) in [6.45, 7) is 9.28. The molecule has 0 bridgehead atoms. The van der Waals surface area contributed by atoms with Gasteiger partial charge < -0.3 is 9.80 Å². The smallest absolute Gasteiger partial charge is 0.212 e. The minimum absolute atomic E-state index is 0.0335. The van der Waals surface area contributed by atoms with E-state index in [1.54, 1.807) is 12.4 Å². The van der Waals surface area contributed by atoms with Gasteiger partial charge in [-0.25, -0.2) is 23.9 Å². The molecule has 2 fully saturated rings. The van der Waals surface area contributed by atoms with Crippen LogP contribution in [0.25, 0.3) is 5.65 Å². The normalized spacial score (nSPS) is 21.3. The number of pyridine rings is 1. The van der Waals surface area contributed by atoms with Crippen molar-refractivity contribution in [1.29, 1.82) is 0 Å². The molecule has 0 amide bonds. The first-order chi connectivity index (χ1) is 16.6. The molecule has 2 saturated heterocycles. The van der Waals surface area contributed by atoms with Crippen LogP contribution in [0.4, 0.5) is 11.6 Å². The largest absolute Gasteiger partial charge is 0.369 e. The van der Waals surface area contributed by atoms with Gasteiger partial charge in [0.1, 0.15) is 10.3 Å². The summed E-state index contributed by atoms with van der Waals surface area (Å²) >= 11 is 14.8. The van der Waals surface area contributed by atoms with Crippen LogP contribution in [-0.2, 0) is 11.0 Å². The molecule has 2 aliphatic rings. The number of hydrogen-bond donors (Lipinski definition) is 1. The third-order valence-corrected chi connectivity index (χ3v) is 10.4. The lowest BCUT2D eigenvalue weighted by atomic mass is 9.75. The molecule has 0 saturated carbocycles. The molecule has 1 unspecified atom stereocenters. The van der Waals surface area contributed by atoms with Crippen molar-refractivity contribution in [2.45, 2.75) is 44.4 Å². The number of hydrogen-bond acceptors (Lipinski definition) is 6. The topological polar surface area (TPSA) is 78.7 Å². The number of halogens is 3. The SMILES string of the molecule is CC(C)(C)S(=O)N[C@@H]1CN(c2ccnc(Cl)c2)CC12CCN(c1nc(Cl)c(I)c3nccn13)CC2. The van der Waals surface area contributed by atoms with E-state index in [-0.39, 0.29) is 16.2 Å². The molecular weight excluding hydrogens is 620 g/mol. The maximum Gasteiger partial charge on any atom is 0.212 e. The molecule has 5 rings (SSSR count). The van der Waals surface area contributed by atoms with Gasteiger partial charge in [-0.2, -0.15) is 0 Å². The van der Waals surface area contributed by atoms with Gasteiger partial charge in [0, 0.05) is 61.9 Å². The fourth-order valence-corrected chi connectivity index (χ4v) is 6.80. The first kappa shape index (κ1) is 25.4. The van der Waals surface area contributed by atoms with E-state index in [1.165, 1.54) is 0 Å². The molecule has 1 N–H and O–H groups in total. The minimum atomic E-state index is -1.17. The summed E-state index contributed by atoms with van der Waals surface area (Å²) in [5.41, 5.74) is 1.83. The van der Waals surface area contributed by atoms with Crippen molar-refractivity contribution in [2.75, 3.05) is 36.0 Å². The number of nitrogens with zero attached hydrogens (tertiary/aromatic N) is 6. The van der Waals surface area contributed by atoms with Gasteiger partial charge in [-0.05, 0) is 68.3 Å². The monoisotopic (exact) mass is 647 g/mol. The number of rotatable bonds is 4. The second-order valence-electron chi connectivity index (χ2n) is 10.3. The van der Waals surface area contributed by atoms with E-state index in [0.717, 1.165) is 59.9 Å². The van der Waals surface area contributed by atoms with Crippen LogP contribution in [0.5, 0.6) is 0 Å².